The van der Waals surface area contributed by atoms with E-state index in [1.807, 2.05) is 0 Å². The van der Waals surface area contributed by atoms with Gasteiger partial charge in [0.15, 0.2) is 5.84 Å². The number of aliphatic imine (C=N–C) groups is 2. The van der Waals surface area contributed by atoms with Crippen LogP contribution in [0.4, 0.5) is 0 Å². The molecule has 3 amide bonds. The van der Waals surface area contributed by atoms with Crippen LogP contribution >= 0.6 is 0 Å². The molecule has 1 aliphatic heterocycles. The molecule has 0 radical (unpaired) electrons. The van der Waals surface area contributed by atoms with Gasteiger partial charge in [-0.3, -0.25) is 14.4 Å². The lowest BCUT2D eigenvalue weighted by Gasteiger charge is -2.13. The standard InChI is InChI=1S/C10H12N4O4/c1-5-8(12-6(2)15)14-10(17)9(11-5)13-7(16)4-18-3/h1,4H2,2-3H3,(H,11,13,16)(H,12,14,15,17). The molecular formula is C10H12N4O4. The third-order valence-corrected chi connectivity index (χ3v) is 1.76. The maximum atomic E-state index is 11.5. The third-order valence-electron chi connectivity index (χ3n) is 1.76. The number of hydrogen-bond acceptors (Lipinski definition) is 5. The summed E-state index contributed by atoms with van der Waals surface area (Å²) in [6.45, 7) is 4.58. The molecule has 0 aromatic rings. The van der Waals surface area contributed by atoms with Crippen LogP contribution < -0.4 is 10.6 Å². The molecule has 0 atom stereocenters. The van der Waals surface area contributed by atoms with Gasteiger partial charge in [-0.2, -0.15) is 4.99 Å². The monoisotopic (exact) mass is 252 g/mol. The van der Waals surface area contributed by atoms with Crippen LogP contribution in [-0.2, 0) is 19.1 Å². The van der Waals surface area contributed by atoms with Gasteiger partial charge in [0.2, 0.25) is 11.7 Å². The van der Waals surface area contributed by atoms with Gasteiger partial charge >= 0.3 is 5.91 Å². The molecular weight excluding hydrogens is 240 g/mol. The summed E-state index contributed by atoms with van der Waals surface area (Å²) < 4.78 is 4.59. The first-order chi connectivity index (χ1) is 8.43. The topological polar surface area (TPSA) is 109 Å². The summed E-state index contributed by atoms with van der Waals surface area (Å²) in [5, 5.41) is 4.54. The zero-order chi connectivity index (χ0) is 13.7. The molecule has 1 aliphatic rings. The predicted molar refractivity (Wildman–Crippen MR) is 62.9 cm³/mol. The van der Waals surface area contributed by atoms with Crippen molar-refractivity contribution < 1.29 is 19.1 Å². The van der Waals surface area contributed by atoms with E-state index in [2.05, 4.69) is 31.9 Å². The Bertz CT molecular complexity index is 478. The lowest BCUT2D eigenvalue weighted by Crippen LogP contribution is -2.42. The molecule has 2 N–H and O–H groups in total. The number of hydrogen-bond donors (Lipinski definition) is 2. The SMILES string of the molecule is C=C1N=C(NC(=O)COC)C(=O)N=C1NC(C)=O. The number of carbonyl (C=O) groups excluding carboxylic acids is 3. The second kappa shape index (κ2) is 5.82. The average molecular weight is 252 g/mol. The summed E-state index contributed by atoms with van der Waals surface area (Å²) in [5.74, 6) is -1.98. The minimum absolute atomic E-state index is 0.0303. The molecule has 1 heterocycles. The molecule has 1 rings (SSSR count). The van der Waals surface area contributed by atoms with E-state index in [4.69, 9.17) is 0 Å². The second-order valence-corrected chi connectivity index (χ2v) is 3.34. The van der Waals surface area contributed by atoms with Crippen molar-refractivity contribution in [2.75, 3.05) is 13.7 Å². The van der Waals surface area contributed by atoms with Gasteiger partial charge in [0.1, 0.15) is 12.3 Å². The van der Waals surface area contributed by atoms with Gasteiger partial charge in [0.05, 0.1) is 0 Å². The molecule has 0 saturated carbocycles. The van der Waals surface area contributed by atoms with Gasteiger partial charge in [0, 0.05) is 14.0 Å². The number of rotatable bonds is 2. The van der Waals surface area contributed by atoms with Crippen molar-refractivity contribution in [3.8, 4) is 0 Å². The fourth-order valence-electron chi connectivity index (χ4n) is 1.10. The lowest BCUT2D eigenvalue weighted by atomic mass is 10.3. The van der Waals surface area contributed by atoms with Crippen LogP contribution in [0.3, 0.4) is 0 Å². The smallest absolute Gasteiger partial charge is 0.314 e. The summed E-state index contributed by atoms with van der Waals surface area (Å²) in [4.78, 5) is 40.9. The molecule has 0 bridgehead atoms. The second-order valence-electron chi connectivity index (χ2n) is 3.34. The zero-order valence-corrected chi connectivity index (χ0v) is 9.94. The average Bonchev–Trinajstić information content (AvgIpc) is 2.25. The number of carbonyl (C=O) groups is 3. The Hall–Kier alpha value is -2.35. The van der Waals surface area contributed by atoms with Crippen molar-refractivity contribution in [1.82, 2.24) is 10.6 Å². The minimum atomic E-state index is -0.768. The first-order valence-corrected chi connectivity index (χ1v) is 4.91. The van der Waals surface area contributed by atoms with E-state index in [0.717, 1.165) is 0 Å². The number of nitrogens with one attached hydrogen (secondary N) is 2. The highest BCUT2D eigenvalue weighted by atomic mass is 16.5. The van der Waals surface area contributed by atoms with E-state index in [0.29, 0.717) is 0 Å². The highest BCUT2D eigenvalue weighted by Gasteiger charge is 2.22. The Balaban J connectivity index is 2.77. The minimum Gasteiger partial charge on any atom is -0.375 e. The summed E-state index contributed by atoms with van der Waals surface area (Å²) in [6.07, 6.45) is 0. The number of nitrogens with zero attached hydrogens (tertiary/aromatic N) is 2. The van der Waals surface area contributed by atoms with Crippen molar-refractivity contribution in [2.24, 2.45) is 9.98 Å². The first kappa shape index (κ1) is 13.7. The molecule has 0 aromatic carbocycles. The predicted octanol–water partition coefficient (Wildman–Crippen LogP) is -1.26. The van der Waals surface area contributed by atoms with Crippen LogP contribution in [-0.4, -0.2) is 43.1 Å². The Morgan fingerprint density at radius 2 is 1.94 bits per heavy atom. The largest absolute Gasteiger partial charge is 0.375 e. The maximum absolute atomic E-state index is 11.5. The fourth-order valence-corrected chi connectivity index (χ4v) is 1.10. The number of methoxy groups -OCH3 is 1. The van der Waals surface area contributed by atoms with Gasteiger partial charge in [-0.15, -0.1) is 0 Å². The molecule has 0 aliphatic carbocycles. The summed E-state index contributed by atoms with van der Waals surface area (Å²) in [7, 11) is 1.34. The van der Waals surface area contributed by atoms with E-state index in [9.17, 15) is 14.4 Å². The van der Waals surface area contributed by atoms with E-state index in [1.54, 1.807) is 0 Å². The van der Waals surface area contributed by atoms with Gasteiger partial charge in [-0.1, -0.05) is 6.58 Å². The van der Waals surface area contributed by atoms with Crippen LogP contribution in [0.2, 0.25) is 0 Å². The molecule has 0 spiro atoms. The van der Waals surface area contributed by atoms with E-state index in [1.165, 1.54) is 14.0 Å². The van der Waals surface area contributed by atoms with Crippen LogP contribution in [0.15, 0.2) is 22.3 Å². The molecule has 0 fully saturated rings. The Labute approximate surface area is 103 Å². The Morgan fingerprint density at radius 1 is 1.28 bits per heavy atom. The number of amidine groups is 2. The van der Waals surface area contributed by atoms with Crippen molar-refractivity contribution in [1.29, 1.82) is 0 Å². The molecule has 8 nitrogen and oxygen atoms in total. The summed E-state index contributed by atoms with van der Waals surface area (Å²) >= 11 is 0. The third kappa shape index (κ3) is 3.59. The maximum Gasteiger partial charge on any atom is 0.314 e. The van der Waals surface area contributed by atoms with Gasteiger partial charge < -0.3 is 15.4 Å². The molecule has 18 heavy (non-hydrogen) atoms. The molecule has 0 unspecified atom stereocenters. The Morgan fingerprint density at radius 3 is 2.50 bits per heavy atom. The van der Waals surface area contributed by atoms with E-state index < -0.39 is 17.7 Å². The normalized spacial score (nSPS) is 14.8. The van der Waals surface area contributed by atoms with Gasteiger partial charge in [-0.05, 0) is 0 Å². The van der Waals surface area contributed by atoms with Gasteiger partial charge in [-0.25, -0.2) is 4.99 Å². The number of ether oxygens (including phenoxy) is 1. The van der Waals surface area contributed by atoms with Crippen molar-refractivity contribution >= 4 is 29.4 Å². The van der Waals surface area contributed by atoms with Gasteiger partial charge in [0.25, 0.3) is 5.91 Å². The quantitative estimate of drug-likeness (QED) is 0.639. The van der Waals surface area contributed by atoms with Crippen LogP contribution in [0.5, 0.6) is 0 Å². The number of amides is 3. The van der Waals surface area contributed by atoms with Crippen molar-refractivity contribution in [3.63, 3.8) is 0 Å². The van der Waals surface area contributed by atoms with Crippen LogP contribution in [0.25, 0.3) is 0 Å². The van der Waals surface area contributed by atoms with E-state index in [-0.39, 0.29) is 24.0 Å². The van der Waals surface area contributed by atoms with Crippen LogP contribution in [0, 0.1) is 0 Å². The molecule has 0 aromatic heterocycles. The highest BCUT2D eigenvalue weighted by Crippen LogP contribution is 2.03. The Kier molecular flexibility index (Phi) is 4.44. The van der Waals surface area contributed by atoms with Crippen LogP contribution in [0.1, 0.15) is 6.92 Å². The highest BCUT2D eigenvalue weighted by molar-refractivity contribution is 6.44. The summed E-state index contributed by atoms with van der Waals surface area (Å²) in [5.41, 5.74) is 0.0810. The van der Waals surface area contributed by atoms with Crippen molar-refractivity contribution in [3.05, 3.63) is 12.3 Å². The summed E-state index contributed by atoms with van der Waals surface area (Å²) in [6, 6.07) is 0. The first-order valence-electron chi connectivity index (χ1n) is 4.91. The zero-order valence-electron chi connectivity index (χ0n) is 9.94. The molecule has 8 heteroatoms. The lowest BCUT2D eigenvalue weighted by molar-refractivity contribution is -0.124. The van der Waals surface area contributed by atoms with Crippen molar-refractivity contribution in [2.45, 2.75) is 6.92 Å². The van der Waals surface area contributed by atoms with E-state index >= 15 is 0 Å². The molecule has 96 valence electrons. The fraction of sp³-hybridized carbons (Fsp3) is 0.300. The molecule has 0 saturated heterocycles.